The monoisotopic (exact) mass is 411 g/mol. The molecule has 144 valence electrons. The molecule has 1 aromatic rings. The van der Waals surface area contributed by atoms with Gasteiger partial charge in [-0.25, -0.2) is 9.78 Å². The van der Waals surface area contributed by atoms with Gasteiger partial charge in [-0.05, 0) is 12.5 Å². The summed E-state index contributed by atoms with van der Waals surface area (Å²) in [4.78, 5) is 46.6. The van der Waals surface area contributed by atoms with Gasteiger partial charge in [0.05, 0.1) is 0 Å². The van der Waals surface area contributed by atoms with Gasteiger partial charge in [-0.15, -0.1) is 23.1 Å². The standard InChI is InChI=1S/C15H17N5O5S2/c1-2-4-25-19-9(7-6-27-15(16)17-7)11(21)18-10-12(22)20-8(14(23)24)3-5-26-13(10)20/h3,6,10,13H,2,4-5H2,1H3,(H2,16,17)(H,18,21)(H,23,24)/b19-9-/t10?,13-/m1/s1. The number of nitrogens with one attached hydrogen (secondary N) is 1. The van der Waals surface area contributed by atoms with Gasteiger partial charge in [-0.3, -0.25) is 14.5 Å². The van der Waals surface area contributed by atoms with Gasteiger partial charge in [0.1, 0.15) is 29.4 Å². The molecule has 27 heavy (non-hydrogen) atoms. The third-order valence-electron chi connectivity index (χ3n) is 3.78. The second kappa shape index (κ2) is 7.96. The highest BCUT2D eigenvalue weighted by Crippen LogP contribution is 2.37. The summed E-state index contributed by atoms with van der Waals surface area (Å²) in [6, 6.07) is -0.849. The number of hydrogen-bond donors (Lipinski definition) is 3. The second-order valence-electron chi connectivity index (χ2n) is 5.62. The molecule has 2 amide bonds. The zero-order chi connectivity index (χ0) is 19.6. The summed E-state index contributed by atoms with van der Waals surface area (Å²) in [6.45, 7) is 2.21. The van der Waals surface area contributed by atoms with Crippen LogP contribution in [0.1, 0.15) is 19.0 Å². The minimum Gasteiger partial charge on any atom is -0.477 e. The number of oxime groups is 1. The molecule has 3 rings (SSSR count). The predicted octanol–water partition coefficient (Wildman–Crippen LogP) is 0.224. The van der Waals surface area contributed by atoms with Crippen molar-refractivity contribution in [2.75, 3.05) is 18.1 Å². The molecule has 0 aromatic carbocycles. The van der Waals surface area contributed by atoms with E-state index in [0.717, 1.165) is 11.3 Å². The Morgan fingerprint density at radius 3 is 2.96 bits per heavy atom. The molecule has 1 unspecified atom stereocenters. The Balaban J connectivity index is 1.75. The van der Waals surface area contributed by atoms with Crippen molar-refractivity contribution < 1.29 is 24.3 Å². The van der Waals surface area contributed by atoms with Crippen molar-refractivity contribution in [3.63, 3.8) is 0 Å². The summed E-state index contributed by atoms with van der Waals surface area (Å²) >= 11 is 2.52. The number of β-lactam (4-membered cyclic amide) rings is 1. The highest BCUT2D eigenvalue weighted by atomic mass is 32.2. The maximum Gasteiger partial charge on any atom is 0.352 e. The van der Waals surface area contributed by atoms with Gasteiger partial charge in [0.15, 0.2) is 10.8 Å². The minimum atomic E-state index is -1.17. The number of carbonyl (C=O) groups excluding carboxylic acids is 2. The van der Waals surface area contributed by atoms with Crippen LogP contribution in [0.25, 0.3) is 0 Å². The lowest BCUT2D eigenvalue weighted by molar-refractivity contribution is -0.150. The Bertz CT molecular complexity index is 836. The number of carbonyl (C=O) groups is 3. The van der Waals surface area contributed by atoms with Crippen molar-refractivity contribution in [1.82, 2.24) is 15.2 Å². The quantitative estimate of drug-likeness (QED) is 0.250. The number of rotatable bonds is 7. The first-order chi connectivity index (χ1) is 12.9. The Labute approximate surface area is 162 Å². The number of nitrogens with two attached hydrogens (primary N) is 1. The average Bonchev–Trinajstić information content (AvgIpc) is 3.08. The molecule has 4 N–H and O–H groups in total. The number of anilines is 1. The fraction of sp³-hybridized carbons (Fsp3) is 0.400. The highest BCUT2D eigenvalue weighted by molar-refractivity contribution is 8.00. The van der Waals surface area contributed by atoms with Gasteiger partial charge in [0, 0.05) is 11.1 Å². The van der Waals surface area contributed by atoms with Gasteiger partial charge in [-0.2, -0.15) is 0 Å². The molecule has 0 aliphatic carbocycles. The van der Waals surface area contributed by atoms with Crippen LogP contribution in [0.4, 0.5) is 5.13 Å². The van der Waals surface area contributed by atoms with E-state index < -0.39 is 29.2 Å². The lowest BCUT2D eigenvalue weighted by Crippen LogP contribution is -2.70. The van der Waals surface area contributed by atoms with Crippen molar-refractivity contribution >= 4 is 51.7 Å². The zero-order valence-electron chi connectivity index (χ0n) is 14.2. The topological polar surface area (TPSA) is 147 Å². The van der Waals surface area contributed by atoms with E-state index in [-0.39, 0.29) is 22.2 Å². The second-order valence-corrected chi connectivity index (χ2v) is 7.66. The summed E-state index contributed by atoms with van der Waals surface area (Å²) in [5.41, 5.74) is 5.71. The van der Waals surface area contributed by atoms with E-state index in [4.69, 9.17) is 10.6 Å². The molecule has 1 aromatic heterocycles. The number of aromatic nitrogens is 1. The first kappa shape index (κ1) is 19.2. The third-order valence-corrected chi connectivity index (χ3v) is 5.64. The lowest BCUT2D eigenvalue weighted by Gasteiger charge is -2.48. The van der Waals surface area contributed by atoms with Gasteiger partial charge in [-0.1, -0.05) is 12.1 Å². The summed E-state index contributed by atoms with van der Waals surface area (Å²) < 4.78 is 0. The van der Waals surface area contributed by atoms with Crippen molar-refractivity contribution in [3.8, 4) is 0 Å². The van der Waals surface area contributed by atoms with E-state index in [1.54, 1.807) is 5.38 Å². The average molecular weight is 411 g/mol. The van der Waals surface area contributed by atoms with Crippen LogP contribution in [0.3, 0.4) is 0 Å². The molecule has 2 aliphatic heterocycles. The van der Waals surface area contributed by atoms with Gasteiger partial charge < -0.3 is 21.0 Å². The number of hydrogen-bond acceptors (Lipinski definition) is 9. The summed E-state index contributed by atoms with van der Waals surface area (Å²) in [5.74, 6) is -1.86. The highest BCUT2D eigenvalue weighted by Gasteiger charge is 2.53. The van der Waals surface area contributed by atoms with Crippen LogP contribution in [0, 0.1) is 0 Å². The number of nitrogen functional groups attached to an aromatic ring is 1. The summed E-state index contributed by atoms with van der Waals surface area (Å²) in [5, 5.41) is 17.0. The summed E-state index contributed by atoms with van der Waals surface area (Å²) in [7, 11) is 0. The molecule has 0 saturated carbocycles. The third kappa shape index (κ3) is 3.76. The van der Waals surface area contributed by atoms with Gasteiger partial charge in [0.25, 0.3) is 11.8 Å². The number of aliphatic carboxylic acids is 1. The lowest BCUT2D eigenvalue weighted by atomic mass is 10.0. The van der Waals surface area contributed by atoms with Crippen LogP contribution in [0.5, 0.6) is 0 Å². The molecular weight excluding hydrogens is 394 g/mol. The smallest absolute Gasteiger partial charge is 0.352 e. The Hall–Kier alpha value is -2.60. The van der Waals surface area contributed by atoms with Crippen LogP contribution in [-0.4, -0.2) is 62.3 Å². The number of amides is 2. The number of carboxylic acid groups (broad SMARTS) is 1. The summed E-state index contributed by atoms with van der Waals surface area (Å²) in [6.07, 6.45) is 2.18. The van der Waals surface area contributed by atoms with Crippen molar-refractivity contribution in [2.24, 2.45) is 5.16 Å². The molecule has 3 heterocycles. The number of fused-ring (bicyclic) bond motifs is 1. The molecule has 0 bridgehead atoms. The maximum atomic E-state index is 12.7. The molecule has 10 nitrogen and oxygen atoms in total. The first-order valence-electron chi connectivity index (χ1n) is 8.04. The van der Waals surface area contributed by atoms with Gasteiger partial charge in [0.2, 0.25) is 0 Å². The normalized spacial score (nSPS) is 21.8. The Morgan fingerprint density at radius 2 is 2.33 bits per heavy atom. The molecule has 12 heteroatoms. The zero-order valence-corrected chi connectivity index (χ0v) is 15.9. The van der Waals surface area contributed by atoms with E-state index in [2.05, 4.69) is 15.5 Å². The van der Waals surface area contributed by atoms with E-state index in [0.29, 0.717) is 18.8 Å². The molecule has 2 aliphatic rings. The van der Waals surface area contributed by atoms with Crippen LogP contribution >= 0.6 is 23.1 Å². The fourth-order valence-electron chi connectivity index (χ4n) is 2.55. The van der Waals surface area contributed by atoms with E-state index in [9.17, 15) is 19.5 Å². The first-order valence-corrected chi connectivity index (χ1v) is 9.97. The molecule has 1 saturated heterocycles. The molecule has 1 fully saturated rings. The predicted molar refractivity (Wildman–Crippen MR) is 100 cm³/mol. The molecule has 0 radical (unpaired) electrons. The molecule has 0 spiro atoms. The van der Waals surface area contributed by atoms with Crippen LogP contribution in [0.15, 0.2) is 22.3 Å². The molecule has 2 atom stereocenters. The van der Waals surface area contributed by atoms with Crippen molar-refractivity contribution in [2.45, 2.75) is 24.8 Å². The van der Waals surface area contributed by atoms with Crippen LogP contribution in [0.2, 0.25) is 0 Å². The number of thioether (sulfide) groups is 1. The molecular formula is C15H17N5O5S2. The van der Waals surface area contributed by atoms with E-state index in [1.165, 1.54) is 22.7 Å². The SMILES string of the molecule is CCCO/N=C(\C(=O)NC1C(=O)N2C(C(=O)O)=CCS[C@H]12)c1csc(N)n1. The van der Waals surface area contributed by atoms with Crippen molar-refractivity contribution in [3.05, 3.63) is 22.8 Å². The number of carboxylic acids is 1. The van der Waals surface area contributed by atoms with Gasteiger partial charge >= 0.3 is 5.97 Å². The Morgan fingerprint density at radius 1 is 1.56 bits per heavy atom. The number of thiazole rings is 1. The fourth-order valence-corrected chi connectivity index (χ4v) is 4.29. The minimum absolute atomic E-state index is 0.0679. The Kier molecular flexibility index (Phi) is 5.65. The largest absolute Gasteiger partial charge is 0.477 e. The van der Waals surface area contributed by atoms with E-state index >= 15 is 0 Å². The maximum absolute atomic E-state index is 12.7. The van der Waals surface area contributed by atoms with E-state index in [1.807, 2.05) is 6.92 Å². The van der Waals surface area contributed by atoms with Crippen molar-refractivity contribution in [1.29, 1.82) is 0 Å². The van der Waals surface area contributed by atoms with Crippen LogP contribution in [-0.2, 0) is 19.2 Å². The number of nitrogens with zero attached hydrogens (tertiary/aromatic N) is 3. The van der Waals surface area contributed by atoms with Crippen LogP contribution < -0.4 is 11.1 Å².